The summed E-state index contributed by atoms with van der Waals surface area (Å²) in [6.45, 7) is -0.572. The largest absolute Gasteiger partial charge is 0.496 e. The van der Waals surface area contributed by atoms with Crippen LogP contribution in [0.2, 0.25) is 0 Å². The molecule has 0 aliphatic rings. The SMILES string of the molecule is COc1ccccc1CC(=O)NOCC(=O)O. The Bertz CT molecular complexity index is 405. The van der Waals surface area contributed by atoms with Gasteiger partial charge in [0.05, 0.1) is 13.5 Å². The Hall–Kier alpha value is -2.08. The normalized spacial score (nSPS) is 9.71. The van der Waals surface area contributed by atoms with Crippen molar-refractivity contribution in [3.05, 3.63) is 29.8 Å². The molecule has 92 valence electrons. The zero-order valence-electron chi connectivity index (χ0n) is 9.30. The predicted molar refractivity (Wildman–Crippen MR) is 58.4 cm³/mol. The lowest BCUT2D eigenvalue weighted by Gasteiger charge is -2.08. The molecule has 0 radical (unpaired) electrons. The molecule has 0 heterocycles. The average Bonchev–Trinajstić information content (AvgIpc) is 2.29. The molecule has 1 aromatic carbocycles. The summed E-state index contributed by atoms with van der Waals surface area (Å²) in [6, 6.07) is 7.06. The first-order valence-electron chi connectivity index (χ1n) is 4.88. The zero-order chi connectivity index (χ0) is 12.7. The summed E-state index contributed by atoms with van der Waals surface area (Å²) in [5.74, 6) is -0.987. The lowest BCUT2D eigenvalue weighted by molar-refractivity contribution is -0.149. The van der Waals surface area contributed by atoms with Gasteiger partial charge >= 0.3 is 5.97 Å². The number of para-hydroxylation sites is 1. The number of carboxylic acid groups (broad SMARTS) is 1. The van der Waals surface area contributed by atoms with Crippen molar-refractivity contribution in [3.8, 4) is 5.75 Å². The van der Waals surface area contributed by atoms with Crippen LogP contribution >= 0.6 is 0 Å². The number of hydrogen-bond acceptors (Lipinski definition) is 4. The van der Waals surface area contributed by atoms with Crippen molar-refractivity contribution in [1.29, 1.82) is 0 Å². The first kappa shape index (κ1) is 13.0. The van der Waals surface area contributed by atoms with Gasteiger partial charge in [-0.1, -0.05) is 18.2 Å². The van der Waals surface area contributed by atoms with Crippen molar-refractivity contribution in [2.45, 2.75) is 6.42 Å². The second-order valence-corrected chi connectivity index (χ2v) is 3.20. The van der Waals surface area contributed by atoms with Gasteiger partial charge in [-0.3, -0.25) is 9.63 Å². The Morgan fingerprint density at radius 3 is 2.71 bits per heavy atom. The van der Waals surface area contributed by atoms with Crippen LogP contribution in [0.25, 0.3) is 0 Å². The van der Waals surface area contributed by atoms with E-state index in [2.05, 4.69) is 4.84 Å². The maximum Gasteiger partial charge on any atom is 0.332 e. The Labute approximate surface area is 98.1 Å². The first-order chi connectivity index (χ1) is 8.13. The summed E-state index contributed by atoms with van der Waals surface area (Å²) in [5.41, 5.74) is 2.74. The topological polar surface area (TPSA) is 84.9 Å². The van der Waals surface area contributed by atoms with Gasteiger partial charge in [0.15, 0.2) is 6.61 Å². The van der Waals surface area contributed by atoms with Crippen LogP contribution in [0.1, 0.15) is 5.56 Å². The van der Waals surface area contributed by atoms with E-state index in [1.807, 2.05) is 5.48 Å². The van der Waals surface area contributed by atoms with Crippen molar-refractivity contribution in [2.75, 3.05) is 13.7 Å². The predicted octanol–water partition coefficient (Wildman–Crippen LogP) is 0.370. The van der Waals surface area contributed by atoms with Gasteiger partial charge in [-0.25, -0.2) is 10.3 Å². The first-order valence-corrected chi connectivity index (χ1v) is 4.88. The van der Waals surface area contributed by atoms with Crippen LogP contribution in [0.5, 0.6) is 5.75 Å². The van der Waals surface area contributed by atoms with E-state index in [0.29, 0.717) is 11.3 Å². The van der Waals surface area contributed by atoms with Crippen molar-refractivity contribution in [3.63, 3.8) is 0 Å². The maximum absolute atomic E-state index is 11.4. The van der Waals surface area contributed by atoms with Crippen molar-refractivity contribution < 1.29 is 24.3 Å². The Morgan fingerprint density at radius 1 is 1.35 bits per heavy atom. The number of carbonyl (C=O) groups excluding carboxylic acids is 1. The van der Waals surface area contributed by atoms with E-state index >= 15 is 0 Å². The van der Waals surface area contributed by atoms with Gasteiger partial charge in [0, 0.05) is 5.56 Å². The molecule has 1 rings (SSSR count). The zero-order valence-corrected chi connectivity index (χ0v) is 9.30. The molecule has 0 bridgehead atoms. The number of ether oxygens (including phenoxy) is 1. The lowest BCUT2D eigenvalue weighted by atomic mass is 10.1. The highest BCUT2D eigenvalue weighted by molar-refractivity contribution is 5.78. The highest BCUT2D eigenvalue weighted by atomic mass is 16.7. The van der Waals surface area contributed by atoms with Gasteiger partial charge < -0.3 is 9.84 Å². The van der Waals surface area contributed by atoms with E-state index in [1.54, 1.807) is 24.3 Å². The molecule has 6 nitrogen and oxygen atoms in total. The lowest BCUT2D eigenvalue weighted by Crippen LogP contribution is -2.28. The Kier molecular flexibility index (Phi) is 4.96. The smallest absolute Gasteiger partial charge is 0.332 e. The molecule has 0 aliphatic heterocycles. The van der Waals surface area contributed by atoms with Gasteiger partial charge in [-0.15, -0.1) is 0 Å². The van der Waals surface area contributed by atoms with E-state index < -0.39 is 18.5 Å². The van der Waals surface area contributed by atoms with Crippen molar-refractivity contribution in [1.82, 2.24) is 5.48 Å². The molecule has 0 saturated carbocycles. The van der Waals surface area contributed by atoms with Gasteiger partial charge in [-0.05, 0) is 6.07 Å². The third-order valence-corrected chi connectivity index (χ3v) is 1.93. The minimum absolute atomic E-state index is 0.0592. The molecule has 0 saturated heterocycles. The number of methoxy groups -OCH3 is 1. The van der Waals surface area contributed by atoms with Crippen LogP contribution in [0.15, 0.2) is 24.3 Å². The molecule has 0 aromatic heterocycles. The third-order valence-electron chi connectivity index (χ3n) is 1.93. The van der Waals surface area contributed by atoms with Crippen LogP contribution < -0.4 is 10.2 Å². The molecule has 0 atom stereocenters. The fourth-order valence-corrected chi connectivity index (χ4v) is 1.24. The van der Waals surface area contributed by atoms with Gasteiger partial charge in [0.1, 0.15) is 5.75 Å². The number of nitrogens with one attached hydrogen (secondary N) is 1. The summed E-state index contributed by atoms with van der Waals surface area (Å²) in [6.07, 6.45) is 0.0592. The fourth-order valence-electron chi connectivity index (χ4n) is 1.24. The highest BCUT2D eigenvalue weighted by Gasteiger charge is 2.08. The minimum atomic E-state index is -1.15. The second kappa shape index (κ2) is 6.49. The third kappa shape index (κ3) is 4.52. The summed E-state index contributed by atoms with van der Waals surface area (Å²) >= 11 is 0. The molecule has 0 spiro atoms. The number of carbonyl (C=O) groups is 2. The average molecular weight is 239 g/mol. The summed E-state index contributed by atoms with van der Waals surface area (Å²) in [5, 5.41) is 8.30. The number of amides is 1. The molecule has 0 unspecified atom stereocenters. The van der Waals surface area contributed by atoms with Crippen LogP contribution in [0.4, 0.5) is 0 Å². The van der Waals surface area contributed by atoms with Crippen molar-refractivity contribution >= 4 is 11.9 Å². The number of hydrogen-bond donors (Lipinski definition) is 2. The number of hydroxylamine groups is 1. The summed E-state index contributed by atoms with van der Waals surface area (Å²) in [4.78, 5) is 26.0. The van der Waals surface area contributed by atoms with Crippen LogP contribution in [0, 0.1) is 0 Å². The van der Waals surface area contributed by atoms with Crippen LogP contribution in [-0.4, -0.2) is 30.7 Å². The van der Waals surface area contributed by atoms with E-state index in [1.165, 1.54) is 7.11 Å². The number of aliphatic carboxylic acids is 1. The summed E-state index contributed by atoms with van der Waals surface area (Å²) in [7, 11) is 1.51. The van der Waals surface area contributed by atoms with Gasteiger partial charge in [-0.2, -0.15) is 0 Å². The van der Waals surface area contributed by atoms with Crippen molar-refractivity contribution in [2.24, 2.45) is 0 Å². The number of rotatable bonds is 6. The van der Waals surface area contributed by atoms with Crippen LogP contribution in [0.3, 0.4) is 0 Å². The molecule has 1 aromatic rings. The molecular formula is C11H13NO5. The Morgan fingerprint density at radius 2 is 2.06 bits per heavy atom. The second-order valence-electron chi connectivity index (χ2n) is 3.20. The maximum atomic E-state index is 11.4. The van der Waals surface area contributed by atoms with E-state index in [4.69, 9.17) is 9.84 Å². The van der Waals surface area contributed by atoms with Crippen LogP contribution in [-0.2, 0) is 20.8 Å². The highest BCUT2D eigenvalue weighted by Crippen LogP contribution is 2.17. The van der Waals surface area contributed by atoms with Gasteiger partial charge in [0.2, 0.25) is 5.91 Å². The molecular weight excluding hydrogens is 226 g/mol. The Balaban J connectivity index is 2.47. The van der Waals surface area contributed by atoms with E-state index in [-0.39, 0.29) is 6.42 Å². The van der Waals surface area contributed by atoms with E-state index in [9.17, 15) is 9.59 Å². The van der Waals surface area contributed by atoms with Gasteiger partial charge in [0.25, 0.3) is 0 Å². The molecule has 0 aliphatic carbocycles. The molecule has 2 N–H and O–H groups in total. The number of benzene rings is 1. The number of carboxylic acids is 1. The fraction of sp³-hybridized carbons (Fsp3) is 0.273. The molecule has 1 amide bonds. The minimum Gasteiger partial charge on any atom is -0.496 e. The standard InChI is InChI=1S/C11H13NO5/c1-16-9-5-3-2-4-8(9)6-10(13)12-17-7-11(14)15/h2-5H,6-7H2,1H3,(H,12,13)(H,14,15). The molecule has 0 fully saturated rings. The summed E-state index contributed by atoms with van der Waals surface area (Å²) < 4.78 is 5.07. The molecule has 17 heavy (non-hydrogen) atoms. The quantitative estimate of drug-likeness (QED) is 0.700. The molecule has 6 heteroatoms. The van der Waals surface area contributed by atoms with E-state index in [0.717, 1.165) is 0 Å². The monoisotopic (exact) mass is 239 g/mol.